The number of carbonyl (C=O) groups is 2. The molecule has 1 N–H and O–H groups in total. The summed E-state index contributed by atoms with van der Waals surface area (Å²) in [5, 5.41) is 9.22. The lowest BCUT2D eigenvalue weighted by atomic mass is 10.0. The van der Waals surface area contributed by atoms with Crippen LogP contribution in [0.1, 0.15) is 23.8 Å². The third kappa shape index (κ3) is 2.96. The number of carbonyl (C=O) groups excluding carboxylic acids is 1. The van der Waals surface area contributed by atoms with Gasteiger partial charge in [-0.15, -0.1) is 0 Å². The standard InChI is InChI=1S/C14H18N2O4/c1-2-7-16(12-9-20-8-10(12)14(18)19)13(17)11-5-3-4-6-15-11/h3-6,10,12H,2,7-9H2,1H3,(H,18,19). The molecule has 1 aromatic rings. The number of ether oxygens (including phenoxy) is 1. The number of pyridine rings is 1. The van der Waals surface area contributed by atoms with E-state index in [0.717, 1.165) is 6.42 Å². The van der Waals surface area contributed by atoms with Crippen LogP contribution in [0.15, 0.2) is 24.4 Å². The van der Waals surface area contributed by atoms with Crippen LogP contribution < -0.4 is 0 Å². The van der Waals surface area contributed by atoms with Crippen LogP contribution in [0.4, 0.5) is 0 Å². The SMILES string of the molecule is CCCN(C(=O)c1ccccn1)C1COCC1C(=O)O. The van der Waals surface area contributed by atoms with Gasteiger partial charge in [0, 0.05) is 12.7 Å². The average Bonchev–Trinajstić information content (AvgIpc) is 2.94. The van der Waals surface area contributed by atoms with E-state index in [0.29, 0.717) is 12.2 Å². The lowest BCUT2D eigenvalue weighted by Gasteiger charge is -2.29. The Bertz CT molecular complexity index is 477. The van der Waals surface area contributed by atoms with Gasteiger partial charge in [0.1, 0.15) is 11.6 Å². The second-order valence-corrected chi connectivity index (χ2v) is 4.76. The summed E-state index contributed by atoms with van der Waals surface area (Å²) in [6.07, 6.45) is 2.30. The first-order valence-corrected chi connectivity index (χ1v) is 6.67. The van der Waals surface area contributed by atoms with E-state index >= 15 is 0 Å². The summed E-state index contributed by atoms with van der Waals surface area (Å²) in [4.78, 5) is 29.4. The van der Waals surface area contributed by atoms with Crippen LogP contribution in [-0.4, -0.2) is 52.7 Å². The van der Waals surface area contributed by atoms with Gasteiger partial charge in [0.25, 0.3) is 5.91 Å². The third-order valence-corrected chi connectivity index (χ3v) is 3.38. The van der Waals surface area contributed by atoms with Crippen molar-refractivity contribution in [3.05, 3.63) is 30.1 Å². The first-order valence-electron chi connectivity index (χ1n) is 6.67. The number of amides is 1. The van der Waals surface area contributed by atoms with Crippen molar-refractivity contribution < 1.29 is 19.4 Å². The minimum absolute atomic E-state index is 0.149. The molecule has 0 bridgehead atoms. The van der Waals surface area contributed by atoms with E-state index in [1.165, 1.54) is 0 Å². The van der Waals surface area contributed by atoms with Gasteiger partial charge in [0.15, 0.2) is 0 Å². The molecule has 1 aliphatic rings. The molecule has 1 aliphatic heterocycles. The molecule has 2 heterocycles. The fraction of sp³-hybridized carbons (Fsp3) is 0.500. The maximum absolute atomic E-state index is 12.5. The van der Waals surface area contributed by atoms with Crippen molar-refractivity contribution >= 4 is 11.9 Å². The number of nitrogens with zero attached hydrogens (tertiary/aromatic N) is 2. The predicted octanol–water partition coefficient (Wildman–Crippen LogP) is 1.03. The van der Waals surface area contributed by atoms with Crippen molar-refractivity contribution in [2.75, 3.05) is 19.8 Å². The van der Waals surface area contributed by atoms with Gasteiger partial charge >= 0.3 is 5.97 Å². The number of hydrogen-bond donors (Lipinski definition) is 1. The third-order valence-electron chi connectivity index (χ3n) is 3.38. The number of aromatic nitrogens is 1. The number of carboxylic acid groups (broad SMARTS) is 1. The second kappa shape index (κ2) is 6.47. The number of hydrogen-bond acceptors (Lipinski definition) is 4. The minimum Gasteiger partial charge on any atom is -0.481 e. The summed E-state index contributed by atoms with van der Waals surface area (Å²) >= 11 is 0. The molecule has 2 atom stereocenters. The van der Waals surface area contributed by atoms with E-state index in [-0.39, 0.29) is 19.1 Å². The van der Waals surface area contributed by atoms with Crippen molar-refractivity contribution in [1.29, 1.82) is 0 Å². The van der Waals surface area contributed by atoms with Gasteiger partial charge in [-0.1, -0.05) is 13.0 Å². The molecule has 20 heavy (non-hydrogen) atoms. The predicted molar refractivity (Wildman–Crippen MR) is 71.3 cm³/mol. The Morgan fingerprint density at radius 1 is 1.45 bits per heavy atom. The lowest BCUT2D eigenvalue weighted by molar-refractivity contribution is -0.142. The van der Waals surface area contributed by atoms with Crippen LogP contribution in [0.3, 0.4) is 0 Å². The normalized spacial score (nSPS) is 21.6. The first kappa shape index (κ1) is 14.5. The van der Waals surface area contributed by atoms with Crippen molar-refractivity contribution in [2.24, 2.45) is 5.92 Å². The number of aliphatic carboxylic acids is 1. The van der Waals surface area contributed by atoms with E-state index < -0.39 is 17.9 Å². The van der Waals surface area contributed by atoms with E-state index in [1.54, 1.807) is 29.3 Å². The molecule has 6 heteroatoms. The summed E-state index contributed by atoms with van der Waals surface area (Å²) in [5.74, 6) is -1.84. The summed E-state index contributed by atoms with van der Waals surface area (Å²) in [6, 6.07) is 4.68. The second-order valence-electron chi connectivity index (χ2n) is 4.76. The van der Waals surface area contributed by atoms with Crippen LogP contribution >= 0.6 is 0 Å². The zero-order valence-electron chi connectivity index (χ0n) is 11.4. The first-order chi connectivity index (χ1) is 9.65. The quantitative estimate of drug-likeness (QED) is 0.870. The summed E-state index contributed by atoms with van der Waals surface area (Å²) in [7, 11) is 0. The fourth-order valence-electron chi connectivity index (χ4n) is 2.38. The van der Waals surface area contributed by atoms with Gasteiger partial charge < -0.3 is 14.7 Å². The Morgan fingerprint density at radius 3 is 2.85 bits per heavy atom. The van der Waals surface area contributed by atoms with Crippen molar-refractivity contribution in [3.63, 3.8) is 0 Å². The Hall–Kier alpha value is -1.95. The zero-order valence-corrected chi connectivity index (χ0v) is 11.4. The van der Waals surface area contributed by atoms with Crippen LogP contribution in [0.25, 0.3) is 0 Å². The van der Waals surface area contributed by atoms with Gasteiger partial charge in [0.05, 0.1) is 19.3 Å². The molecule has 1 aromatic heterocycles. The van der Waals surface area contributed by atoms with Gasteiger partial charge in [-0.05, 0) is 18.6 Å². The Kier molecular flexibility index (Phi) is 4.68. The largest absolute Gasteiger partial charge is 0.481 e. The maximum atomic E-state index is 12.5. The van der Waals surface area contributed by atoms with Gasteiger partial charge in [-0.2, -0.15) is 0 Å². The minimum atomic E-state index is -0.928. The summed E-state index contributed by atoms with van der Waals surface area (Å²) in [5.41, 5.74) is 0.331. The highest BCUT2D eigenvalue weighted by Crippen LogP contribution is 2.22. The highest BCUT2D eigenvalue weighted by Gasteiger charge is 2.40. The zero-order chi connectivity index (χ0) is 14.5. The highest BCUT2D eigenvalue weighted by molar-refractivity contribution is 5.93. The molecule has 0 spiro atoms. The van der Waals surface area contributed by atoms with Crippen molar-refractivity contribution in [3.8, 4) is 0 Å². The molecule has 1 saturated heterocycles. The van der Waals surface area contributed by atoms with Crippen molar-refractivity contribution in [2.45, 2.75) is 19.4 Å². The van der Waals surface area contributed by atoms with Crippen LogP contribution in [0.5, 0.6) is 0 Å². The van der Waals surface area contributed by atoms with Gasteiger partial charge in [0.2, 0.25) is 0 Å². The van der Waals surface area contributed by atoms with E-state index in [4.69, 9.17) is 4.74 Å². The van der Waals surface area contributed by atoms with Crippen molar-refractivity contribution in [1.82, 2.24) is 9.88 Å². The van der Waals surface area contributed by atoms with Crippen LogP contribution in [0, 0.1) is 5.92 Å². The molecule has 0 radical (unpaired) electrons. The maximum Gasteiger partial charge on any atom is 0.311 e. The molecular weight excluding hydrogens is 260 g/mol. The lowest BCUT2D eigenvalue weighted by Crippen LogP contribution is -2.47. The Labute approximate surface area is 117 Å². The molecule has 1 fully saturated rings. The molecule has 108 valence electrons. The monoisotopic (exact) mass is 278 g/mol. The fourth-order valence-corrected chi connectivity index (χ4v) is 2.38. The highest BCUT2D eigenvalue weighted by atomic mass is 16.5. The van der Waals surface area contributed by atoms with E-state index in [9.17, 15) is 14.7 Å². The van der Waals surface area contributed by atoms with E-state index in [2.05, 4.69) is 4.98 Å². The molecule has 0 aromatic carbocycles. The smallest absolute Gasteiger partial charge is 0.311 e. The molecule has 1 amide bonds. The molecule has 0 aliphatic carbocycles. The number of rotatable bonds is 5. The topological polar surface area (TPSA) is 79.7 Å². The van der Waals surface area contributed by atoms with Crippen LogP contribution in [-0.2, 0) is 9.53 Å². The molecular formula is C14H18N2O4. The van der Waals surface area contributed by atoms with Gasteiger partial charge in [-0.3, -0.25) is 14.6 Å². The average molecular weight is 278 g/mol. The number of carboxylic acids is 1. The molecule has 2 rings (SSSR count). The molecule has 6 nitrogen and oxygen atoms in total. The Morgan fingerprint density at radius 2 is 2.25 bits per heavy atom. The molecule has 2 unspecified atom stereocenters. The molecule has 0 saturated carbocycles. The van der Waals surface area contributed by atoms with Crippen LogP contribution in [0.2, 0.25) is 0 Å². The summed E-state index contributed by atoms with van der Waals surface area (Å²) < 4.78 is 5.25. The Balaban J connectivity index is 2.22. The summed E-state index contributed by atoms with van der Waals surface area (Å²) in [6.45, 7) is 2.85. The van der Waals surface area contributed by atoms with E-state index in [1.807, 2.05) is 6.92 Å². The van der Waals surface area contributed by atoms with Gasteiger partial charge in [-0.25, -0.2) is 0 Å².